The molecule has 3 rings (SSSR count). The largest absolute Gasteiger partial charge is 0.497 e. The van der Waals surface area contributed by atoms with Gasteiger partial charge < -0.3 is 24.8 Å². The Morgan fingerprint density at radius 2 is 1.72 bits per heavy atom. The van der Waals surface area contributed by atoms with Gasteiger partial charge in [0.25, 0.3) is 0 Å². The maximum absolute atomic E-state index is 12.8. The fourth-order valence-electron chi connectivity index (χ4n) is 3.26. The van der Waals surface area contributed by atoms with Crippen molar-refractivity contribution < 1.29 is 23.8 Å². The molecule has 0 spiro atoms. The van der Waals surface area contributed by atoms with Crippen molar-refractivity contribution in [3.05, 3.63) is 63.1 Å². The highest BCUT2D eigenvalue weighted by Crippen LogP contribution is 2.39. The van der Waals surface area contributed by atoms with E-state index >= 15 is 0 Å². The van der Waals surface area contributed by atoms with Crippen molar-refractivity contribution in [2.24, 2.45) is 5.92 Å². The first-order chi connectivity index (χ1) is 15.2. The lowest BCUT2D eigenvalue weighted by Gasteiger charge is -2.29. The van der Waals surface area contributed by atoms with Gasteiger partial charge >= 0.3 is 12.0 Å². The molecular weight excluding hydrogens is 455 g/mol. The molecule has 32 heavy (non-hydrogen) atoms. The van der Waals surface area contributed by atoms with Crippen LogP contribution in [0.5, 0.6) is 11.5 Å². The van der Waals surface area contributed by atoms with E-state index in [2.05, 4.69) is 10.6 Å². The van der Waals surface area contributed by atoms with Gasteiger partial charge in [-0.15, -0.1) is 0 Å². The fraction of sp³-hybridized carbons (Fsp3) is 0.304. The van der Waals surface area contributed by atoms with Gasteiger partial charge in [-0.3, -0.25) is 0 Å². The Hall–Kier alpha value is -2.90. The van der Waals surface area contributed by atoms with Gasteiger partial charge in [-0.1, -0.05) is 37.0 Å². The van der Waals surface area contributed by atoms with Crippen LogP contribution in [0.2, 0.25) is 10.0 Å². The SMILES string of the molecule is COC(=O)C1=C(c2ccc(OC)cc2)NC(=O)NC1c1cc(Cl)c(OCC(C)C)c(Cl)c1. The average molecular weight is 479 g/mol. The van der Waals surface area contributed by atoms with Crippen LogP contribution < -0.4 is 20.1 Å². The van der Waals surface area contributed by atoms with Crippen LogP contribution in [0.1, 0.15) is 31.0 Å². The highest BCUT2D eigenvalue weighted by molar-refractivity contribution is 6.37. The van der Waals surface area contributed by atoms with Crippen LogP contribution in [0.15, 0.2) is 42.0 Å². The number of carbonyl (C=O) groups is 2. The quantitative estimate of drug-likeness (QED) is 0.548. The van der Waals surface area contributed by atoms with Crippen molar-refractivity contribution in [3.63, 3.8) is 0 Å². The van der Waals surface area contributed by atoms with E-state index < -0.39 is 18.0 Å². The highest BCUT2D eigenvalue weighted by atomic mass is 35.5. The molecule has 1 unspecified atom stereocenters. The molecule has 0 radical (unpaired) electrons. The van der Waals surface area contributed by atoms with E-state index in [9.17, 15) is 9.59 Å². The summed E-state index contributed by atoms with van der Waals surface area (Å²) in [5.74, 6) is 0.665. The molecule has 2 N–H and O–H groups in total. The molecule has 0 aromatic heterocycles. The van der Waals surface area contributed by atoms with Crippen LogP contribution in [-0.2, 0) is 9.53 Å². The van der Waals surface area contributed by atoms with Crippen LogP contribution >= 0.6 is 23.2 Å². The molecule has 1 aliphatic heterocycles. The predicted molar refractivity (Wildman–Crippen MR) is 123 cm³/mol. The summed E-state index contributed by atoms with van der Waals surface area (Å²) in [5.41, 5.74) is 1.65. The van der Waals surface area contributed by atoms with Crippen molar-refractivity contribution in [3.8, 4) is 11.5 Å². The Labute approximate surface area is 196 Å². The van der Waals surface area contributed by atoms with Crippen molar-refractivity contribution in [2.75, 3.05) is 20.8 Å². The van der Waals surface area contributed by atoms with Gasteiger partial charge in [-0.25, -0.2) is 9.59 Å². The molecule has 9 heteroatoms. The number of amides is 2. The molecule has 1 heterocycles. The smallest absolute Gasteiger partial charge is 0.338 e. The standard InChI is InChI=1S/C23H24Cl2N2O5/c1-12(2)11-32-21-16(24)9-14(10-17(21)25)20-18(22(28)31-4)19(26-23(29)27-20)13-5-7-15(30-3)8-6-13/h5-10,12,20H,11H2,1-4H3,(H2,26,27,29). The van der Waals surface area contributed by atoms with Gasteiger partial charge in [-0.05, 0) is 53.4 Å². The second-order valence-electron chi connectivity index (χ2n) is 7.56. The molecule has 2 amide bonds. The minimum absolute atomic E-state index is 0.209. The summed E-state index contributed by atoms with van der Waals surface area (Å²) < 4.78 is 15.9. The van der Waals surface area contributed by atoms with Crippen molar-refractivity contribution in [1.29, 1.82) is 0 Å². The van der Waals surface area contributed by atoms with Gasteiger partial charge in [0.1, 0.15) is 5.75 Å². The molecule has 0 saturated carbocycles. The number of hydrogen-bond donors (Lipinski definition) is 2. The maximum atomic E-state index is 12.8. The van der Waals surface area contributed by atoms with Gasteiger partial charge in [0.15, 0.2) is 5.75 Å². The molecule has 170 valence electrons. The summed E-state index contributed by atoms with van der Waals surface area (Å²) in [6.45, 7) is 4.46. The summed E-state index contributed by atoms with van der Waals surface area (Å²) in [5, 5.41) is 6.01. The minimum Gasteiger partial charge on any atom is -0.497 e. The number of hydrogen-bond acceptors (Lipinski definition) is 5. The fourth-order valence-corrected chi connectivity index (χ4v) is 3.88. The Bertz CT molecular complexity index is 1030. The zero-order chi connectivity index (χ0) is 23.4. The normalized spacial score (nSPS) is 15.8. The first kappa shape index (κ1) is 23.8. The molecule has 1 atom stereocenters. The van der Waals surface area contributed by atoms with E-state index in [4.69, 9.17) is 37.4 Å². The Kier molecular flexibility index (Phi) is 7.53. The highest BCUT2D eigenvalue weighted by Gasteiger charge is 2.35. The molecule has 2 aromatic carbocycles. The number of esters is 1. The third kappa shape index (κ3) is 5.11. The zero-order valence-electron chi connectivity index (χ0n) is 18.1. The molecule has 0 bridgehead atoms. The van der Waals surface area contributed by atoms with Crippen LogP contribution in [0.25, 0.3) is 5.70 Å². The average Bonchev–Trinajstić information content (AvgIpc) is 2.77. The summed E-state index contributed by atoms with van der Waals surface area (Å²) in [4.78, 5) is 25.3. The Balaban J connectivity index is 2.11. The Morgan fingerprint density at radius 3 is 2.25 bits per heavy atom. The number of methoxy groups -OCH3 is 2. The number of nitrogens with one attached hydrogen (secondary N) is 2. The number of ether oxygens (including phenoxy) is 3. The van der Waals surface area contributed by atoms with E-state index in [-0.39, 0.29) is 21.5 Å². The molecule has 1 aliphatic rings. The van der Waals surface area contributed by atoms with Crippen LogP contribution in [0.3, 0.4) is 0 Å². The van der Waals surface area contributed by atoms with E-state index in [0.717, 1.165) is 0 Å². The number of rotatable bonds is 7. The number of urea groups is 1. The van der Waals surface area contributed by atoms with Crippen LogP contribution in [0, 0.1) is 5.92 Å². The van der Waals surface area contributed by atoms with Gasteiger partial charge in [-0.2, -0.15) is 0 Å². The second-order valence-corrected chi connectivity index (χ2v) is 8.37. The Morgan fingerprint density at radius 1 is 1.09 bits per heavy atom. The molecule has 0 aliphatic carbocycles. The van der Waals surface area contributed by atoms with Crippen LogP contribution in [-0.4, -0.2) is 32.8 Å². The molecule has 0 fully saturated rings. The lowest BCUT2D eigenvalue weighted by molar-refractivity contribution is -0.136. The predicted octanol–water partition coefficient (Wildman–Crippen LogP) is 4.98. The summed E-state index contributed by atoms with van der Waals surface area (Å²) in [7, 11) is 2.83. The monoisotopic (exact) mass is 478 g/mol. The van der Waals surface area contributed by atoms with Crippen molar-refractivity contribution >= 4 is 40.9 Å². The van der Waals surface area contributed by atoms with Crippen LogP contribution in [0.4, 0.5) is 4.79 Å². The maximum Gasteiger partial charge on any atom is 0.338 e. The lowest BCUT2D eigenvalue weighted by Crippen LogP contribution is -2.45. The van der Waals surface area contributed by atoms with E-state index in [1.807, 2.05) is 13.8 Å². The summed E-state index contributed by atoms with van der Waals surface area (Å²) in [6, 6.07) is 8.85. The molecule has 2 aromatic rings. The lowest BCUT2D eigenvalue weighted by atomic mass is 9.92. The molecule has 7 nitrogen and oxygen atoms in total. The first-order valence-electron chi connectivity index (χ1n) is 9.91. The van der Waals surface area contributed by atoms with Gasteiger partial charge in [0.05, 0.1) is 48.2 Å². The van der Waals surface area contributed by atoms with E-state index in [0.29, 0.717) is 34.9 Å². The van der Waals surface area contributed by atoms with Crippen molar-refractivity contribution in [1.82, 2.24) is 10.6 Å². The third-order valence-corrected chi connectivity index (χ3v) is 5.33. The van der Waals surface area contributed by atoms with E-state index in [1.165, 1.54) is 7.11 Å². The number of halogens is 2. The zero-order valence-corrected chi connectivity index (χ0v) is 19.6. The second kappa shape index (κ2) is 10.1. The number of carbonyl (C=O) groups excluding carboxylic acids is 2. The third-order valence-electron chi connectivity index (χ3n) is 4.77. The number of benzene rings is 2. The molecular formula is C23H24Cl2N2O5. The summed E-state index contributed by atoms with van der Waals surface area (Å²) >= 11 is 12.9. The summed E-state index contributed by atoms with van der Waals surface area (Å²) in [6.07, 6.45) is 0. The molecule has 0 saturated heterocycles. The van der Waals surface area contributed by atoms with Crippen molar-refractivity contribution in [2.45, 2.75) is 19.9 Å². The first-order valence-corrected chi connectivity index (χ1v) is 10.7. The van der Waals surface area contributed by atoms with Gasteiger partial charge in [0.2, 0.25) is 0 Å². The van der Waals surface area contributed by atoms with Gasteiger partial charge in [0, 0.05) is 0 Å². The van der Waals surface area contributed by atoms with E-state index in [1.54, 1.807) is 43.5 Å². The minimum atomic E-state index is -0.845. The topological polar surface area (TPSA) is 85.9 Å².